The first-order chi connectivity index (χ1) is 9.74. The molecular formula is C16H17N3O. The molecule has 0 radical (unpaired) electrons. The first-order valence-electron chi connectivity index (χ1n) is 6.66. The molecule has 0 fully saturated rings. The number of benzene rings is 1. The van der Waals surface area contributed by atoms with Crippen LogP contribution in [0.3, 0.4) is 0 Å². The van der Waals surface area contributed by atoms with E-state index in [-0.39, 0.29) is 6.04 Å². The number of nitrogen functional groups attached to an aromatic ring is 1. The molecule has 0 amide bonds. The zero-order valence-corrected chi connectivity index (χ0v) is 11.3. The summed E-state index contributed by atoms with van der Waals surface area (Å²) in [5.41, 5.74) is 8.80. The number of nitrogens with one attached hydrogen (secondary N) is 1. The molecule has 0 aliphatic rings. The van der Waals surface area contributed by atoms with Crippen LogP contribution in [0, 0.1) is 0 Å². The predicted octanol–water partition coefficient (Wildman–Crippen LogP) is 3.45. The van der Waals surface area contributed by atoms with Gasteiger partial charge in [-0.05, 0) is 43.3 Å². The maximum atomic E-state index is 6.21. The smallest absolute Gasteiger partial charge is 0.105 e. The molecule has 0 bridgehead atoms. The fourth-order valence-corrected chi connectivity index (χ4v) is 2.35. The Hall–Kier alpha value is -2.49. The molecule has 0 aliphatic carbocycles. The zero-order chi connectivity index (χ0) is 13.9. The van der Waals surface area contributed by atoms with E-state index in [0.717, 1.165) is 34.5 Å². The van der Waals surface area contributed by atoms with Crippen molar-refractivity contribution in [2.24, 2.45) is 0 Å². The fraction of sp³-hybridized carbons (Fsp3) is 0.188. The standard InChI is InChI=1S/C16H17N3O/c1-11(10-12-4-3-9-20-12)19-15-7-6-14-13(16(15)17)5-2-8-18-14/h2-9,11,19H,10,17H2,1H3. The molecule has 3 rings (SSSR count). The number of nitrogens with two attached hydrogens (primary N) is 1. The van der Waals surface area contributed by atoms with Crippen molar-refractivity contribution in [3.8, 4) is 0 Å². The molecule has 1 unspecified atom stereocenters. The summed E-state index contributed by atoms with van der Waals surface area (Å²) in [5, 5.41) is 4.40. The van der Waals surface area contributed by atoms with Crippen molar-refractivity contribution in [2.45, 2.75) is 19.4 Å². The summed E-state index contributed by atoms with van der Waals surface area (Å²) < 4.78 is 5.36. The molecule has 4 heteroatoms. The number of rotatable bonds is 4. The average Bonchev–Trinajstić information content (AvgIpc) is 2.95. The molecule has 102 valence electrons. The quantitative estimate of drug-likeness (QED) is 0.711. The van der Waals surface area contributed by atoms with E-state index in [9.17, 15) is 0 Å². The number of fused-ring (bicyclic) bond motifs is 1. The van der Waals surface area contributed by atoms with Crippen LogP contribution in [0.4, 0.5) is 11.4 Å². The second kappa shape index (κ2) is 5.25. The molecule has 2 heterocycles. The molecule has 3 N–H and O–H groups in total. The molecule has 1 atom stereocenters. The van der Waals surface area contributed by atoms with Gasteiger partial charge in [0, 0.05) is 24.0 Å². The van der Waals surface area contributed by atoms with Crippen molar-refractivity contribution < 1.29 is 4.42 Å². The molecule has 3 aromatic rings. The third-order valence-electron chi connectivity index (χ3n) is 3.32. The molecular weight excluding hydrogens is 250 g/mol. The van der Waals surface area contributed by atoms with Crippen molar-refractivity contribution in [3.63, 3.8) is 0 Å². The topological polar surface area (TPSA) is 64.1 Å². The number of furan rings is 1. The zero-order valence-electron chi connectivity index (χ0n) is 11.3. The first kappa shape index (κ1) is 12.5. The van der Waals surface area contributed by atoms with Crippen LogP contribution < -0.4 is 11.1 Å². The van der Waals surface area contributed by atoms with Gasteiger partial charge in [-0.3, -0.25) is 4.98 Å². The lowest BCUT2D eigenvalue weighted by molar-refractivity contribution is 0.498. The Morgan fingerprint density at radius 1 is 1.25 bits per heavy atom. The highest BCUT2D eigenvalue weighted by Crippen LogP contribution is 2.28. The summed E-state index contributed by atoms with van der Waals surface area (Å²) in [6.07, 6.45) is 4.28. The van der Waals surface area contributed by atoms with Crippen molar-refractivity contribution in [1.29, 1.82) is 0 Å². The van der Waals surface area contributed by atoms with Crippen LogP contribution in [0.15, 0.2) is 53.3 Å². The molecule has 2 aromatic heterocycles. The molecule has 20 heavy (non-hydrogen) atoms. The van der Waals surface area contributed by atoms with E-state index < -0.39 is 0 Å². The van der Waals surface area contributed by atoms with Crippen LogP contribution in [0.2, 0.25) is 0 Å². The van der Waals surface area contributed by atoms with E-state index in [1.165, 1.54) is 0 Å². The van der Waals surface area contributed by atoms with Crippen molar-refractivity contribution in [3.05, 3.63) is 54.6 Å². The van der Waals surface area contributed by atoms with Gasteiger partial charge in [-0.25, -0.2) is 0 Å². The van der Waals surface area contributed by atoms with Gasteiger partial charge in [0.05, 0.1) is 23.2 Å². The maximum Gasteiger partial charge on any atom is 0.105 e. The van der Waals surface area contributed by atoms with Gasteiger partial charge in [-0.1, -0.05) is 0 Å². The fourth-order valence-electron chi connectivity index (χ4n) is 2.35. The third kappa shape index (κ3) is 2.45. The second-order valence-electron chi connectivity index (χ2n) is 4.93. The molecule has 4 nitrogen and oxygen atoms in total. The van der Waals surface area contributed by atoms with Gasteiger partial charge in [-0.2, -0.15) is 0 Å². The SMILES string of the molecule is CC(Cc1ccco1)Nc1ccc2ncccc2c1N. The predicted molar refractivity (Wildman–Crippen MR) is 81.7 cm³/mol. The lowest BCUT2D eigenvalue weighted by Gasteiger charge is -2.16. The van der Waals surface area contributed by atoms with E-state index in [2.05, 4.69) is 17.2 Å². The van der Waals surface area contributed by atoms with E-state index in [1.807, 2.05) is 36.4 Å². The Kier molecular flexibility index (Phi) is 3.29. The Morgan fingerprint density at radius 3 is 2.95 bits per heavy atom. The number of pyridine rings is 1. The van der Waals surface area contributed by atoms with Crippen molar-refractivity contribution >= 4 is 22.3 Å². The highest BCUT2D eigenvalue weighted by Gasteiger charge is 2.09. The van der Waals surface area contributed by atoms with Crippen LogP contribution in [0.1, 0.15) is 12.7 Å². The third-order valence-corrected chi connectivity index (χ3v) is 3.32. The number of nitrogens with zero attached hydrogens (tertiary/aromatic N) is 1. The van der Waals surface area contributed by atoms with Crippen LogP contribution in [-0.4, -0.2) is 11.0 Å². The van der Waals surface area contributed by atoms with Crippen LogP contribution in [0.5, 0.6) is 0 Å². The minimum Gasteiger partial charge on any atom is -0.469 e. The minimum atomic E-state index is 0.234. The molecule has 0 aliphatic heterocycles. The van der Waals surface area contributed by atoms with E-state index in [4.69, 9.17) is 10.2 Å². The van der Waals surface area contributed by atoms with Gasteiger partial charge < -0.3 is 15.5 Å². The summed E-state index contributed by atoms with van der Waals surface area (Å²) in [6.45, 7) is 2.11. The lowest BCUT2D eigenvalue weighted by atomic mass is 10.1. The monoisotopic (exact) mass is 267 g/mol. The van der Waals surface area contributed by atoms with Gasteiger partial charge >= 0.3 is 0 Å². The maximum absolute atomic E-state index is 6.21. The van der Waals surface area contributed by atoms with Crippen LogP contribution >= 0.6 is 0 Å². The number of hydrogen-bond donors (Lipinski definition) is 2. The first-order valence-corrected chi connectivity index (χ1v) is 6.66. The Balaban J connectivity index is 1.82. The van der Waals surface area contributed by atoms with E-state index in [1.54, 1.807) is 12.5 Å². The lowest BCUT2D eigenvalue weighted by Crippen LogP contribution is -2.18. The van der Waals surface area contributed by atoms with Gasteiger partial charge in [-0.15, -0.1) is 0 Å². The summed E-state index contributed by atoms with van der Waals surface area (Å²) in [7, 11) is 0. The second-order valence-corrected chi connectivity index (χ2v) is 4.93. The number of anilines is 2. The summed E-state index contributed by atoms with van der Waals surface area (Å²) in [4.78, 5) is 4.30. The normalized spacial score (nSPS) is 12.4. The number of hydrogen-bond acceptors (Lipinski definition) is 4. The van der Waals surface area contributed by atoms with Crippen LogP contribution in [0.25, 0.3) is 10.9 Å². The van der Waals surface area contributed by atoms with Crippen molar-refractivity contribution in [2.75, 3.05) is 11.1 Å². The van der Waals surface area contributed by atoms with E-state index in [0.29, 0.717) is 0 Å². The van der Waals surface area contributed by atoms with Gasteiger partial charge in [0.15, 0.2) is 0 Å². The number of aromatic nitrogens is 1. The molecule has 0 saturated carbocycles. The Morgan fingerprint density at radius 2 is 2.15 bits per heavy atom. The summed E-state index contributed by atoms with van der Waals surface area (Å²) in [5.74, 6) is 0.964. The largest absolute Gasteiger partial charge is 0.469 e. The minimum absolute atomic E-state index is 0.234. The highest BCUT2D eigenvalue weighted by molar-refractivity contribution is 5.96. The van der Waals surface area contributed by atoms with Crippen molar-refractivity contribution in [1.82, 2.24) is 4.98 Å². The highest BCUT2D eigenvalue weighted by atomic mass is 16.3. The summed E-state index contributed by atoms with van der Waals surface area (Å²) >= 11 is 0. The molecule has 0 spiro atoms. The average molecular weight is 267 g/mol. The van der Waals surface area contributed by atoms with Gasteiger partial charge in [0.2, 0.25) is 0 Å². The van der Waals surface area contributed by atoms with Gasteiger partial charge in [0.25, 0.3) is 0 Å². The Bertz CT molecular complexity index is 707. The Labute approximate surface area is 117 Å². The van der Waals surface area contributed by atoms with Gasteiger partial charge in [0.1, 0.15) is 5.76 Å². The van der Waals surface area contributed by atoms with Crippen LogP contribution in [-0.2, 0) is 6.42 Å². The summed E-state index contributed by atoms with van der Waals surface area (Å²) in [6, 6.07) is 12.0. The van der Waals surface area contributed by atoms with E-state index >= 15 is 0 Å². The molecule has 0 saturated heterocycles. The molecule has 1 aromatic carbocycles.